The maximum atomic E-state index is 3.34. The fourth-order valence-corrected chi connectivity index (χ4v) is 6.12. The van der Waals surface area contributed by atoms with Crippen molar-refractivity contribution >= 4 is 37.9 Å². The molecule has 0 atom stereocenters. The lowest BCUT2D eigenvalue weighted by atomic mass is 9.83. The molecule has 0 aromatic heterocycles. The van der Waals surface area contributed by atoms with Crippen LogP contribution in [0.15, 0.2) is 128 Å². The number of dihydropyridines is 1. The molecular weight excluding hydrogens is 482 g/mol. The molecule has 1 aliphatic heterocycles. The van der Waals surface area contributed by atoms with Crippen molar-refractivity contribution < 1.29 is 0 Å². The minimum Gasteiger partial charge on any atom is -0.387 e. The molecule has 1 heteroatoms. The summed E-state index contributed by atoms with van der Waals surface area (Å²) in [7, 11) is 0. The average molecular weight is 516 g/mol. The van der Waals surface area contributed by atoms with Gasteiger partial charge in [-0.2, -0.15) is 0 Å². The smallest absolute Gasteiger partial charge is 0.0328 e. The summed E-state index contributed by atoms with van der Waals surface area (Å²) in [6, 6.07) is 40.7. The van der Waals surface area contributed by atoms with Gasteiger partial charge in [0.15, 0.2) is 0 Å². The van der Waals surface area contributed by atoms with Crippen LogP contribution in [0, 0.1) is 0 Å². The zero-order valence-corrected chi connectivity index (χ0v) is 23.3. The molecule has 6 aromatic rings. The van der Waals surface area contributed by atoms with Crippen LogP contribution < -0.4 is 5.32 Å². The topological polar surface area (TPSA) is 12.0 Å². The van der Waals surface area contributed by atoms with Gasteiger partial charge >= 0.3 is 0 Å². The molecule has 0 radical (unpaired) electrons. The zero-order valence-electron chi connectivity index (χ0n) is 23.3. The normalized spacial score (nSPS) is 13.5. The van der Waals surface area contributed by atoms with E-state index in [1.165, 1.54) is 71.3 Å². The molecule has 0 aliphatic carbocycles. The second-order valence-electron chi connectivity index (χ2n) is 11.9. The molecule has 0 saturated heterocycles. The van der Waals surface area contributed by atoms with Crippen LogP contribution in [-0.2, 0) is 5.41 Å². The molecule has 1 heterocycles. The average Bonchev–Trinajstić information content (AvgIpc) is 2.99. The summed E-state index contributed by atoms with van der Waals surface area (Å²) in [6.45, 7) is 7.70. The Morgan fingerprint density at radius 1 is 0.550 bits per heavy atom. The molecule has 0 bridgehead atoms. The van der Waals surface area contributed by atoms with Crippen molar-refractivity contribution in [2.45, 2.75) is 26.2 Å². The number of fused-ring (bicyclic) bond motifs is 3. The van der Waals surface area contributed by atoms with Crippen molar-refractivity contribution in [3.05, 3.63) is 139 Å². The first-order chi connectivity index (χ1) is 19.5. The van der Waals surface area contributed by atoms with Gasteiger partial charge in [0, 0.05) is 12.7 Å². The molecule has 0 spiro atoms. The Bertz CT molecular complexity index is 1910. The highest BCUT2D eigenvalue weighted by Gasteiger charge is 2.18. The Labute approximate surface area is 236 Å². The van der Waals surface area contributed by atoms with Gasteiger partial charge in [0.25, 0.3) is 0 Å². The third-order valence-corrected chi connectivity index (χ3v) is 8.22. The van der Waals surface area contributed by atoms with Crippen LogP contribution in [0.2, 0.25) is 0 Å². The van der Waals surface area contributed by atoms with Crippen LogP contribution in [-0.4, -0.2) is 6.54 Å². The van der Waals surface area contributed by atoms with Gasteiger partial charge in [-0.05, 0) is 88.8 Å². The van der Waals surface area contributed by atoms with Crippen LogP contribution in [0.1, 0.15) is 31.9 Å². The lowest BCUT2D eigenvalue weighted by Gasteiger charge is -2.21. The molecule has 0 unspecified atom stereocenters. The number of benzene rings is 6. The molecule has 0 fully saturated rings. The van der Waals surface area contributed by atoms with Crippen LogP contribution in [0.3, 0.4) is 0 Å². The predicted octanol–water partition coefficient (Wildman–Crippen LogP) is 10.3. The molecular formula is C39H33N. The van der Waals surface area contributed by atoms with Crippen molar-refractivity contribution in [2.75, 3.05) is 6.54 Å². The first-order valence-electron chi connectivity index (χ1n) is 14.2. The van der Waals surface area contributed by atoms with E-state index in [1.807, 2.05) is 0 Å². The molecule has 1 aliphatic rings. The van der Waals surface area contributed by atoms with Gasteiger partial charge in [-0.3, -0.25) is 0 Å². The number of rotatable bonds is 3. The Hall–Kier alpha value is -4.62. The molecule has 194 valence electrons. The fourth-order valence-electron chi connectivity index (χ4n) is 6.12. The highest BCUT2D eigenvalue weighted by atomic mass is 14.8. The van der Waals surface area contributed by atoms with E-state index in [-0.39, 0.29) is 5.41 Å². The van der Waals surface area contributed by atoms with Crippen molar-refractivity contribution in [3.63, 3.8) is 0 Å². The maximum absolute atomic E-state index is 3.34. The van der Waals surface area contributed by atoms with E-state index in [1.54, 1.807) is 0 Å². The van der Waals surface area contributed by atoms with Gasteiger partial charge < -0.3 is 5.32 Å². The predicted molar refractivity (Wildman–Crippen MR) is 174 cm³/mol. The molecule has 6 aromatic carbocycles. The van der Waals surface area contributed by atoms with Crippen molar-refractivity contribution in [2.24, 2.45) is 0 Å². The van der Waals surface area contributed by atoms with Crippen molar-refractivity contribution in [1.82, 2.24) is 5.32 Å². The quantitative estimate of drug-likeness (QED) is 0.231. The van der Waals surface area contributed by atoms with Gasteiger partial charge in [0.1, 0.15) is 0 Å². The van der Waals surface area contributed by atoms with Gasteiger partial charge in [-0.25, -0.2) is 0 Å². The van der Waals surface area contributed by atoms with E-state index in [0.29, 0.717) is 0 Å². The van der Waals surface area contributed by atoms with E-state index in [9.17, 15) is 0 Å². The first-order valence-corrected chi connectivity index (χ1v) is 14.2. The summed E-state index contributed by atoms with van der Waals surface area (Å²) in [6.07, 6.45) is 6.49. The van der Waals surface area contributed by atoms with Gasteiger partial charge in [0.05, 0.1) is 0 Å². The van der Waals surface area contributed by atoms with E-state index in [2.05, 4.69) is 154 Å². The van der Waals surface area contributed by atoms with E-state index >= 15 is 0 Å². The van der Waals surface area contributed by atoms with Crippen molar-refractivity contribution in [3.8, 4) is 22.3 Å². The van der Waals surface area contributed by atoms with Gasteiger partial charge in [-0.15, -0.1) is 0 Å². The molecule has 1 N–H and O–H groups in total. The first kappa shape index (κ1) is 24.4. The summed E-state index contributed by atoms with van der Waals surface area (Å²) in [5.74, 6) is 0. The summed E-state index contributed by atoms with van der Waals surface area (Å²) >= 11 is 0. The fraction of sp³-hybridized carbons (Fsp3) is 0.128. The van der Waals surface area contributed by atoms with Crippen LogP contribution in [0.4, 0.5) is 0 Å². The molecule has 1 nitrogen and oxygen atoms in total. The Morgan fingerprint density at radius 3 is 1.62 bits per heavy atom. The van der Waals surface area contributed by atoms with E-state index in [4.69, 9.17) is 0 Å². The summed E-state index contributed by atoms with van der Waals surface area (Å²) < 4.78 is 0. The van der Waals surface area contributed by atoms with Crippen molar-refractivity contribution in [1.29, 1.82) is 0 Å². The number of hydrogen-bond acceptors (Lipinski definition) is 1. The molecule has 0 saturated carbocycles. The third-order valence-electron chi connectivity index (χ3n) is 8.22. The molecule has 40 heavy (non-hydrogen) atoms. The minimum absolute atomic E-state index is 0.128. The molecule has 7 rings (SSSR count). The van der Waals surface area contributed by atoms with E-state index in [0.717, 1.165) is 6.54 Å². The highest BCUT2D eigenvalue weighted by Crippen LogP contribution is 2.44. The number of nitrogens with one attached hydrogen (secondary N) is 1. The Balaban J connectivity index is 1.47. The highest BCUT2D eigenvalue weighted by molar-refractivity contribution is 6.21. The largest absolute Gasteiger partial charge is 0.387 e. The Kier molecular flexibility index (Phi) is 5.82. The summed E-state index contributed by atoms with van der Waals surface area (Å²) in [5.41, 5.74) is 9.05. The van der Waals surface area contributed by atoms with Crippen LogP contribution >= 0.6 is 0 Å². The third kappa shape index (κ3) is 4.19. The molecule has 0 amide bonds. The number of allylic oxidation sites excluding steroid dienone is 2. The Morgan fingerprint density at radius 2 is 1.07 bits per heavy atom. The zero-order chi connectivity index (χ0) is 27.3. The van der Waals surface area contributed by atoms with Crippen LogP contribution in [0.25, 0.3) is 60.1 Å². The number of hydrogen-bond donors (Lipinski definition) is 1. The van der Waals surface area contributed by atoms with Gasteiger partial charge in [0.2, 0.25) is 0 Å². The summed E-state index contributed by atoms with van der Waals surface area (Å²) in [4.78, 5) is 0. The standard InChI is InChI=1S/C39H33N/c1-39(2,3)32-20-18-27(19-21-32)37-33-10-4-6-12-35(33)38(36-13-7-5-11-34(36)37)29-17-15-26-14-16-28(23-31(26)24-29)30-9-8-22-40-25-30/h4-21,23-25,40H,22H2,1-3H3. The van der Waals surface area contributed by atoms with Gasteiger partial charge in [-0.1, -0.05) is 130 Å². The van der Waals surface area contributed by atoms with Crippen LogP contribution in [0.5, 0.6) is 0 Å². The minimum atomic E-state index is 0.128. The SMILES string of the molecule is CC(C)(C)c1ccc(-c2c3ccccc3c(-c3ccc4ccc(C5=CNCC=C5)cc4c3)c3ccccc23)cc1. The second-order valence-corrected chi connectivity index (χ2v) is 11.9. The lowest BCUT2D eigenvalue weighted by molar-refractivity contribution is 0.590. The second kappa shape index (κ2) is 9.54. The van der Waals surface area contributed by atoms with E-state index < -0.39 is 0 Å². The monoisotopic (exact) mass is 515 g/mol. The summed E-state index contributed by atoms with van der Waals surface area (Å²) in [5, 5.41) is 11.0. The lowest BCUT2D eigenvalue weighted by Crippen LogP contribution is -2.10. The maximum Gasteiger partial charge on any atom is 0.0328 e.